The third kappa shape index (κ3) is 3.30. The van der Waals surface area contributed by atoms with E-state index in [1.165, 1.54) is 12.1 Å². The van der Waals surface area contributed by atoms with Crippen molar-refractivity contribution in [3.8, 4) is 5.75 Å². The van der Waals surface area contributed by atoms with E-state index in [2.05, 4.69) is 10.2 Å². The van der Waals surface area contributed by atoms with E-state index < -0.39 is 17.4 Å². The number of benzene rings is 1. The Morgan fingerprint density at radius 3 is 2.40 bits per heavy atom. The summed E-state index contributed by atoms with van der Waals surface area (Å²) in [5, 5.41) is 7.44. The summed E-state index contributed by atoms with van der Waals surface area (Å²) >= 11 is 0. The predicted octanol–water partition coefficient (Wildman–Crippen LogP) is 1.99. The summed E-state index contributed by atoms with van der Waals surface area (Å²) in [6.45, 7) is 1.99. The van der Waals surface area contributed by atoms with Gasteiger partial charge in [0, 0.05) is 6.42 Å². The molecule has 5 nitrogen and oxygen atoms in total. The number of aryl methyl sites for hydroxylation is 1. The topological polar surface area (TPSA) is 74.2 Å². The molecule has 0 aliphatic carbocycles. The van der Waals surface area contributed by atoms with Crippen LogP contribution in [0, 0.1) is 11.6 Å². The van der Waals surface area contributed by atoms with Gasteiger partial charge < -0.3 is 14.9 Å². The zero-order valence-electron chi connectivity index (χ0n) is 11.0. The lowest BCUT2D eigenvalue weighted by Crippen LogP contribution is -2.05. The summed E-state index contributed by atoms with van der Waals surface area (Å²) in [5.41, 5.74) is 5.83. The Morgan fingerprint density at radius 1 is 1.20 bits per heavy atom. The number of hydrogen-bond donors (Lipinski definition) is 1. The second kappa shape index (κ2) is 6.42. The van der Waals surface area contributed by atoms with Crippen molar-refractivity contribution in [3.63, 3.8) is 0 Å². The third-order valence-corrected chi connectivity index (χ3v) is 2.64. The van der Waals surface area contributed by atoms with Crippen LogP contribution in [0.25, 0.3) is 0 Å². The highest BCUT2D eigenvalue weighted by Gasteiger charge is 2.14. The zero-order chi connectivity index (χ0) is 14.5. The molecule has 0 saturated heterocycles. The van der Waals surface area contributed by atoms with Gasteiger partial charge in [0.15, 0.2) is 24.0 Å². The average molecular weight is 283 g/mol. The minimum absolute atomic E-state index is 0.173. The molecule has 1 aromatic carbocycles. The van der Waals surface area contributed by atoms with Gasteiger partial charge in [-0.25, -0.2) is 8.78 Å². The highest BCUT2D eigenvalue weighted by molar-refractivity contribution is 5.31. The Kier molecular flexibility index (Phi) is 4.62. The SMILES string of the molecule is CCc1nnc(COc2c(F)cc(CCN)cc2F)o1. The van der Waals surface area contributed by atoms with E-state index in [9.17, 15) is 8.78 Å². The largest absolute Gasteiger partial charge is 0.478 e. The van der Waals surface area contributed by atoms with Crippen molar-refractivity contribution >= 4 is 0 Å². The number of hydrogen-bond acceptors (Lipinski definition) is 5. The monoisotopic (exact) mass is 283 g/mol. The Hall–Kier alpha value is -2.02. The van der Waals surface area contributed by atoms with Crippen LogP contribution < -0.4 is 10.5 Å². The molecular weight excluding hydrogens is 268 g/mol. The maximum atomic E-state index is 13.7. The lowest BCUT2D eigenvalue weighted by Gasteiger charge is -2.08. The summed E-state index contributed by atoms with van der Waals surface area (Å²) in [5.74, 6) is -1.39. The minimum Gasteiger partial charge on any atom is -0.478 e. The van der Waals surface area contributed by atoms with Crippen molar-refractivity contribution in [1.29, 1.82) is 0 Å². The third-order valence-electron chi connectivity index (χ3n) is 2.64. The fraction of sp³-hybridized carbons (Fsp3) is 0.385. The van der Waals surface area contributed by atoms with Gasteiger partial charge in [-0.15, -0.1) is 10.2 Å². The fourth-order valence-corrected chi connectivity index (χ4v) is 1.68. The van der Waals surface area contributed by atoms with E-state index in [-0.39, 0.29) is 12.5 Å². The van der Waals surface area contributed by atoms with Gasteiger partial charge in [0.2, 0.25) is 5.89 Å². The molecule has 0 atom stereocenters. The van der Waals surface area contributed by atoms with Gasteiger partial charge >= 0.3 is 0 Å². The van der Waals surface area contributed by atoms with Gasteiger partial charge in [0.1, 0.15) is 0 Å². The summed E-state index contributed by atoms with van der Waals surface area (Å²) in [7, 11) is 0. The molecule has 0 aliphatic rings. The van der Waals surface area contributed by atoms with E-state index in [1.54, 1.807) is 0 Å². The quantitative estimate of drug-likeness (QED) is 0.877. The molecule has 1 heterocycles. The number of ether oxygens (including phenoxy) is 1. The number of halogens is 2. The molecule has 0 radical (unpaired) electrons. The molecule has 0 aliphatic heterocycles. The molecule has 108 valence electrons. The van der Waals surface area contributed by atoms with Crippen LogP contribution in [0.2, 0.25) is 0 Å². The molecule has 2 aromatic rings. The van der Waals surface area contributed by atoms with Crippen LogP contribution in [0.3, 0.4) is 0 Å². The van der Waals surface area contributed by atoms with Crippen LogP contribution in [0.15, 0.2) is 16.5 Å². The summed E-state index contributed by atoms with van der Waals surface area (Å²) < 4.78 is 37.7. The van der Waals surface area contributed by atoms with E-state index in [0.717, 1.165) is 0 Å². The molecule has 0 amide bonds. The first kappa shape index (κ1) is 14.4. The Bertz CT molecular complexity index is 564. The normalized spacial score (nSPS) is 10.8. The molecule has 2 N–H and O–H groups in total. The smallest absolute Gasteiger partial charge is 0.253 e. The molecular formula is C13H15F2N3O2. The van der Waals surface area contributed by atoms with Crippen LogP contribution in [0.4, 0.5) is 8.78 Å². The van der Waals surface area contributed by atoms with Gasteiger partial charge in [-0.2, -0.15) is 0 Å². The van der Waals surface area contributed by atoms with Crippen LogP contribution in [0.1, 0.15) is 24.3 Å². The van der Waals surface area contributed by atoms with Crippen molar-refractivity contribution in [2.45, 2.75) is 26.4 Å². The highest BCUT2D eigenvalue weighted by atomic mass is 19.1. The summed E-state index contributed by atoms with van der Waals surface area (Å²) in [4.78, 5) is 0. The predicted molar refractivity (Wildman–Crippen MR) is 67.1 cm³/mol. The highest BCUT2D eigenvalue weighted by Crippen LogP contribution is 2.24. The summed E-state index contributed by atoms with van der Waals surface area (Å²) in [6, 6.07) is 2.41. The van der Waals surface area contributed by atoms with Crippen molar-refractivity contribution in [2.75, 3.05) is 6.54 Å². The van der Waals surface area contributed by atoms with Gasteiger partial charge in [-0.3, -0.25) is 0 Å². The molecule has 2 rings (SSSR count). The second-order valence-electron chi connectivity index (χ2n) is 4.16. The number of nitrogens with zero attached hydrogens (tertiary/aromatic N) is 2. The van der Waals surface area contributed by atoms with E-state index in [4.69, 9.17) is 14.9 Å². The Morgan fingerprint density at radius 2 is 1.85 bits per heavy atom. The molecule has 0 bridgehead atoms. The number of aromatic nitrogens is 2. The van der Waals surface area contributed by atoms with Gasteiger partial charge in [0.25, 0.3) is 5.89 Å². The molecule has 20 heavy (non-hydrogen) atoms. The molecule has 0 spiro atoms. The lowest BCUT2D eigenvalue weighted by molar-refractivity contribution is 0.237. The van der Waals surface area contributed by atoms with Crippen molar-refractivity contribution in [3.05, 3.63) is 41.1 Å². The van der Waals surface area contributed by atoms with E-state index >= 15 is 0 Å². The first-order chi connectivity index (χ1) is 9.63. The van der Waals surface area contributed by atoms with Crippen LogP contribution >= 0.6 is 0 Å². The number of rotatable bonds is 6. The maximum Gasteiger partial charge on any atom is 0.253 e. The van der Waals surface area contributed by atoms with Gasteiger partial charge in [0.05, 0.1) is 0 Å². The average Bonchev–Trinajstić information content (AvgIpc) is 2.86. The zero-order valence-corrected chi connectivity index (χ0v) is 11.0. The summed E-state index contributed by atoms with van der Waals surface area (Å²) in [6.07, 6.45) is 0.987. The molecule has 7 heteroatoms. The first-order valence-corrected chi connectivity index (χ1v) is 6.26. The minimum atomic E-state index is -0.774. The van der Waals surface area contributed by atoms with E-state index in [1.807, 2.05) is 6.92 Å². The van der Waals surface area contributed by atoms with Crippen molar-refractivity contribution < 1.29 is 17.9 Å². The first-order valence-electron chi connectivity index (χ1n) is 6.26. The molecule has 1 aromatic heterocycles. The van der Waals surface area contributed by atoms with Gasteiger partial charge in [-0.05, 0) is 30.7 Å². The van der Waals surface area contributed by atoms with Crippen LogP contribution in [-0.4, -0.2) is 16.7 Å². The maximum absolute atomic E-state index is 13.7. The van der Waals surface area contributed by atoms with Crippen molar-refractivity contribution in [1.82, 2.24) is 10.2 Å². The second-order valence-corrected chi connectivity index (χ2v) is 4.16. The van der Waals surface area contributed by atoms with Crippen LogP contribution in [-0.2, 0) is 19.4 Å². The van der Waals surface area contributed by atoms with Gasteiger partial charge in [-0.1, -0.05) is 6.92 Å². The van der Waals surface area contributed by atoms with Crippen LogP contribution in [0.5, 0.6) is 5.75 Å². The Balaban J connectivity index is 2.09. The van der Waals surface area contributed by atoms with E-state index in [0.29, 0.717) is 30.8 Å². The molecule has 0 unspecified atom stereocenters. The van der Waals surface area contributed by atoms with Crippen molar-refractivity contribution in [2.24, 2.45) is 5.73 Å². The molecule has 0 fully saturated rings. The fourth-order valence-electron chi connectivity index (χ4n) is 1.68. The Labute approximate surface area is 114 Å². The lowest BCUT2D eigenvalue weighted by atomic mass is 10.1. The molecule has 0 saturated carbocycles. The standard InChI is InChI=1S/C13H15F2N3O2/c1-2-11-17-18-12(20-11)7-19-13-9(14)5-8(3-4-16)6-10(13)15/h5-6H,2-4,7,16H2,1H3. The number of nitrogens with two attached hydrogens (primary N) is 1.